The average molecular weight is 418 g/mol. The normalized spacial score (nSPS) is 19.0. The highest BCUT2D eigenvalue weighted by Crippen LogP contribution is 2.46. The first kappa shape index (κ1) is 20.7. The molecule has 9 nitrogen and oxygen atoms in total. The summed E-state index contributed by atoms with van der Waals surface area (Å²) >= 11 is 0. The third-order valence-corrected chi connectivity index (χ3v) is 5.90. The zero-order chi connectivity index (χ0) is 21.1. The van der Waals surface area contributed by atoms with Crippen LogP contribution in [0.15, 0.2) is 6.07 Å². The second-order valence-corrected chi connectivity index (χ2v) is 8.09. The van der Waals surface area contributed by atoms with Gasteiger partial charge in [-0.3, -0.25) is 9.59 Å². The first-order chi connectivity index (χ1) is 14.5. The van der Waals surface area contributed by atoms with Gasteiger partial charge in [0.05, 0.1) is 5.56 Å². The summed E-state index contributed by atoms with van der Waals surface area (Å²) in [7, 11) is 3.90. The molecule has 164 valence electrons. The number of rotatable bonds is 7. The molecule has 1 saturated heterocycles. The first-order valence-electron chi connectivity index (χ1n) is 10.5. The molecule has 2 amide bonds. The van der Waals surface area contributed by atoms with Crippen molar-refractivity contribution in [3.8, 4) is 17.2 Å². The van der Waals surface area contributed by atoms with E-state index in [2.05, 4.69) is 22.2 Å². The predicted molar refractivity (Wildman–Crippen MR) is 110 cm³/mol. The molecule has 1 aromatic carbocycles. The summed E-state index contributed by atoms with van der Waals surface area (Å²) in [6.07, 6.45) is 1.61. The van der Waals surface area contributed by atoms with Gasteiger partial charge in [0, 0.05) is 46.3 Å². The minimum Gasteiger partial charge on any atom is -0.479 e. The van der Waals surface area contributed by atoms with E-state index in [0.29, 0.717) is 42.3 Å². The van der Waals surface area contributed by atoms with E-state index in [4.69, 9.17) is 14.2 Å². The lowest BCUT2D eigenvalue weighted by Gasteiger charge is -2.32. The standard InChI is InChI=1S/C21H30N4O5/c1-23-8-10-25(11-9-23)6-3-5-22-17(26)13-28-20-18-15(4-7-24(2)21(18)27)12-16-19(20)30-14-29-16/h12H,3-11,13-14H2,1-2H3,(H,22,26). The molecule has 0 bridgehead atoms. The number of benzene rings is 1. The summed E-state index contributed by atoms with van der Waals surface area (Å²) in [5.74, 6) is 0.936. The number of hydrogen-bond donors (Lipinski definition) is 1. The monoisotopic (exact) mass is 418 g/mol. The van der Waals surface area contributed by atoms with Crippen LogP contribution in [-0.2, 0) is 11.2 Å². The highest BCUT2D eigenvalue weighted by Gasteiger charge is 2.33. The van der Waals surface area contributed by atoms with Crippen molar-refractivity contribution in [2.75, 3.05) is 73.3 Å². The summed E-state index contributed by atoms with van der Waals surface area (Å²) in [4.78, 5) is 31.4. The van der Waals surface area contributed by atoms with Gasteiger partial charge in [-0.25, -0.2) is 0 Å². The maximum Gasteiger partial charge on any atom is 0.257 e. The van der Waals surface area contributed by atoms with Gasteiger partial charge in [-0.05, 0) is 38.1 Å². The van der Waals surface area contributed by atoms with E-state index in [1.807, 2.05) is 6.07 Å². The maximum atomic E-state index is 12.7. The van der Waals surface area contributed by atoms with Gasteiger partial charge in [-0.15, -0.1) is 0 Å². The molecule has 0 atom stereocenters. The van der Waals surface area contributed by atoms with Gasteiger partial charge in [-0.2, -0.15) is 0 Å². The lowest BCUT2D eigenvalue weighted by atomic mass is 9.97. The Morgan fingerprint density at radius 2 is 1.97 bits per heavy atom. The molecule has 4 rings (SSSR count). The van der Waals surface area contributed by atoms with Gasteiger partial charge in [0.25, 0.3) is 11.8 Å². The number of nitrogens with one attached hydrogen (secondary N) is 1. The molecule has 3 heterocycles. The number of piperazine rings is 1. The molecule has 1 N–H and O–H groups in total. The minimum absolute atomic E-state index is 0.0805. The largest absolute Gasteiger partial charge is 0.479 e. The number of fused-ring (bicyclic) bond motifs is 2. The molecule has 0 radical (unpaired) electrons. The van der Waals surface area contributed by atoms with Crippen LogP contribution in [0.2, 0.25) is 0 Å². The number of hydrogen-bond acceptors (Lipinski definition) is 7. The summed E-state index contributed by atoms with van der Waals surface area (Å²) in [5.41, 5.74) is 1.33. The van der Waals surface area contributed by atoms with Crippen molar-refractivity contribution in [2.24, 2.45) is 0 Å². The Balaban J connectivity index is 1.31. The fraction of sp³-hybridized carbons (Fsp3) is 0.619. The highest BCUT2D eigenvalue weighted by atomic mass is 16.7. The number of amides is 2. The van der Waals surface area contributed by atoms with Gasteiger partial charge in [-0.1, -0.05) is 0 Å². The van der Waals surface area contributed by atoms with Crippen LogP contribution < -0.4 is 19.5 Å². The van der Waals surface area contributed by atoms with Crippen LogP contribution in [0.4, 0.5) is 0 Å². The zero-order valence-electron chi connectivity index (χ0n) is 17.7. The molecule has 30 heavy (non-hydrogen) atoms. The van der Waals surface area contributed by atoms with Crippen LogP contribution in [-0.4, -0.2) is 99.8 Å². The Bertz CT molecular complexity index is 807. The van der Waals surface area contributed by atoms with Crippen LogP contribution in [0.1, 0.15) is 22.3 Å². The van der Waals surface area contributed by atoms with E-state index in [1.54, 1.807) is 11.9 Å². The molecular formula is C21H30N4O5. The lowest BCUT2D eigenvalue weighted by molar-refractivity contribution is -0.123. The Morgan fingerprint density at radius 3 is 2.77 bits per heavy atom. The molecule has 0 spiro atoms. The van der Waals surface area contributed by atoms with E-state index >= 15 is 0 Å². The number of nitrogens with zero attached hydrogens (tertiary/aromatic N) is 3. The summed E-state index contributed by atoms with van der Waals surface area (Å²) in [6, 6.07) is 1.84. The van der Waals surface area contributed by atoms with Gasteiger partial charge in [0.15, 0.2) is 18.1 Å². The van der Waals surface area contributed by atoms with Crippen molar-refractivity contribution < 1.29 is 23.8 Å². The van der Waals surface area contributed by atoms with Crippen molar-refractivity contribution in [1.29, 1.82) is 0 Å². The fourth-order valence-electron chi connectivity index (χ4n) is 4.00. The van der Waals surface area contributed by atoms with Crippen molar-refractivity contribution in [3.05, 3.63) is 17.2 Å². The van der Waals surface area contributed by atoms with Crippen LogP contribution >= 0.6 is 0 Å². The fourth-order valence-corrected chi connectivity index (χ4v) is 4.00. The van der Waals surface area contributed by atoms with Gasteiger partial charge in [0.2, 0.25) is 12.5 Å². The third-order valence-electron chi connectivity index (χ3n) is 5.90. The number of ether oxygens (including phenoxy) is 3. The molecule has 0 saturated carbocycles. The third kappa shape index (κ3) is 4.46. The average Bonchev–Trinajstić information content (AvgIpc) is 3.21. The van der Waals surface area contributed by atoms with Crippen molar-refractivity contribution in [1.82, 2.24) is 20.0 Å². The van der Waals surface area contributed by atoms with Gasteiger partial charge in [0.1, 0.15) is 0 Å². The molecule has 0 unspecified atom stereocenters. The smallest absolute Gasteiger partial charge is 0.257 e. The van der Waals surface area contributed by atoms with E-state index in [9.17, 15) is 9.59 Å². The van der Waals surface area contributed by atoms with E-state index < -0.39 is 0 Å². The Hall–Kier alpha value is -2.52. The Morgan fingerprint density at radius 1 is 1.17 bits per heavy atom. The second-order valence-electron chi connectivity index (χ2n) is 8.09. The molecule has 0 aliphatic carbocycles. The van der Waals surface area contributed by atoms with Crippen LogP contribution in [0.5, 0.6) is 17.2 Å². The molecule has 1 fully saturated rings. The number of carbonyl (C=O) groups is 2. The molecule has 0 aromatic heterocycles. The first-order valence-corrected chi connectivity index (χ1v) is 10.5. The Kier molecular flexibility index (Phi) is 6.29. The maximum absolute atomic E-state index is 12.7. The predicted octanol–water partition coefficient (Wildman–Crippen LogP) is 0.176. The quantitative estimate of drug-likeness (QED) is 0.633. The molecule has 9 heteroatoms. The van der Waals surface area contributed by atoms with Crippen molar-refractivity contribution >= 4 is 11.8 Å². The van der Waals surface area contributed by atoms with Crippen LogP contribution in [0.25, 0.3) is 0 Å². The summed E-state index contributed by atoms with van der Waals surface area (Å²) in [5, 5.41) is 2.90. The van der Waals surface area contributed by atoms with Gasteiger partial charge >= 0.3 is 0 Å². The highest BCUT2D eigenvalue weighted by molar-refractivity contribution is 6.01. The van der Waals surface area contributed by atoms with E-state index in [0.717, 1.165) is 44.7 Å². The number of likely N-dealkylation sites (N-methyl/N-ethyl adjacent to an activating group) is 2. The van der Waals surface area contributed by atoms with Crippen molar-refractivity contribution in [3.63, 3.8) is 0 Å². The molecule has 3 aliphatic rings. The molecule has 1 aromatic rings. The number of carbonyl (C=O) groups excluding carboxylic acids is 2. The minimum atomic E-state index is -0.213. The SMILES string of the molecule is CN1CCN(CCCNC(=O)COc2c3c(cc4c2C(=O)N(C)CC4)OCO3)CC1. The zero-order valence-corrected chi connectivity index (χ0v) is 17.7. The summed E-state index contributed by atoms with van der Waals surface area (Å²) in [6.45, 7) is 6.44. The van der Waals surface area contributed by atoms with E-state index in [-0.39, 0.29) is 25.2 Å². The van der Waals surface area contributed by atoms with Gasteiger partial charge < -0.3 is 34.2 Å². The Labute approximate surface area is 176 Å². The van der Waals surface area contributed by atoms with E-state index in [1.165, 1.54) is 0 Å². The molecular weight excluding hydrogens is 388 g/mol. The second kappa shape index (κ2) is 9.09. The summed E-state index contributed by atoms with van der Waals surface area (Å²) < 4.78 is 16.8. The molecule has 3 aliphatic heterocycles. The van der Waals surface area contributed by atoms with Crippen LogP contribution in [0, 0.1) is 0 Å². The van der Waals surface area contributed by atoms with Crippen LogP contribution in [0.3, 0.4) is 0 Å². The lowest BCUT2D eigenvalue weighted by Crippen LogP contribution is -2.45. The van der Waals surface area contributed by atoms with Crippen molar-refractivity contribution in [2.45, 2.75) is 12.8 Å². The topological polar surface area (TPSA) is 83.6 Å².